The van der Waals surface area contributed by atoms with Crippen LogP contribution in [0.5, 0.6) is 5.75 Å². The van der Waals surface area contributed by atoms with Gasteiger partial charge < -0.3 is 14.5 Å². The number of aromatic nitrogens is 1. The Morgan fingerprint density at radius 3 is 2.29 bits per heavy atom. The molecule has 2 saturated heterocycles. The maximum atomic E-state index is 13.0. The number of carbonyl (C=O) groups excluding carboxylic acids is 1. The van der Waals surface area contributed by atoms with E-state index in [1.807, 2.05) is 22.1 Å². The summed E-state index contributed by atoms with van der Waals surface area (Å²) < 4.78 is 6.29. The molecular formula is C29H36N4O2. The molecule has 35 heavy (non-hydrogen) atoms. The van der Waals surface area contributed by atoms with Crippen molar-refractivity contribution in [1.29, 1.82) is 0 Å². The Bertz CT molecular complexity index is 1160. The van der Waals surface area contributed by atoms with E-state index in [0.29, 0.717) is 6.04 Å². The fourth-order valence-corrected chi connectivity index (χ4v) is 5.30. The first-order chi connectivity index (χ1) is 17.0. The van der Waals surface area contributed by atoms with Gasteiger partial charge in [0.1, 0.15) is 11.9 Å². The van der Waals surface area contributed by atoms with Gasteiger partial charge in [-0.3, -0.25) is 9.88 Å². The van der Waals surface area contributed by atoms with Crippen LogP contribution in [-0.4, -0.2) is 77.1 Å². The van der Waals surface area contributed by atoms with E-state index in [4.69, 9.17) is 4.74 Å². The average Bonchev–Trinajstić information content (AvgIpc) is 2.90. The molecule has 2 aromatic carbocycles. The molecule has 6 heteroatoms. The van der Waals surface area contributed by atoms with E-state index >= 15 is 0 Å². The minimum Gasteiger partial charge on any atom is -0.490 e. The molecule has 2 aliphatic heterocycles. The molecule has 0 bridgehead atoms. The number of pyridine rings is 1. The normalized spacial score (nSPS) is 17.8. The lowest BCUT2D eigenvalue weighted by Gasteiger charge is -2.40. The second-order valence-electron chi connectivity index (χ2n) is 10.0. The molecule has 2 amide bonds. The number of nitrogens with zero attached hydrogens (tertiary/aromatic N) is 4. The quantitative estimate of drug-likeness (QED) is 0.524. The zero-order valence-electron chi connectivity index (χ0n) is 21.1. The Kier molecular flexibility index (Phi) is 6.91. The number of aryl methyl sites for hydroxylation is 1. The van der Waals surface area contributed by atoms with E-state index < -0.39 is 0 Å². The number of amides is 2. The molecular weight excluding hydrogens is 436 g/mol. The predicted molar refractivity (Wildman–Crippen MR) is 141 cm³/mol. The fourth-order valence-electron chi connectivity index (χ4n) is 5.30. The minimum atomic E-state index is 0.147. The van der Waals surface area contributed by atoms with E-state index in [2.05, 4.69) is 73.1 Å². The number of ether oxygens (including phenoxy) is 1. The van der Waals surface area contributed by atoms with Gasteiger partial charge in [-0.05, 0) is 55.7 Å². The highest BCUT2D eigenvalue weighted by Gasteiger charge is 2.29. The lowest BCUT2D eigenvalue weighted by Crippen LogP contribution is -2.55. The highest BCUT2D eigenvalue weighted by atomic mass is 16.5. The zero-order chi connectivity index (χ0) is 24.4. The summed E-state index contributed by atoms with van der Waals surface area (Å²) >= 11 is 0. The van der Waals surface area contributed by atoms with Crippen molar-refractivity contribution >= 4 is 16.9 Å². The van der Waals surface area contributed by atoms with Crippen molar-refractivity contribution in [3.8, 4) is 16.9 Å². The molecule has 0 atom stereocenters. The number of hydrogen-bond donors (Lipinski definition) is 0. The summed E-state index contributed by atoms with van der Waals surface area (Å²) in [7, 11) is 0. The van der Waals surface area contributed by atoms with Crippen LogP contribution in [0.4, 0.5) is 4.79 Å². The summed E-state index contributed by atoms with van der Waals surface area (Å²) in [5, 5.41) is 1.16. The van der Waals surface area contributed by atoms with Gasteiger partial charge >= 0.3 is 6.03 Å². The van der Waals surface area contributed by atoms with Crippen molar-refractivity contribution in [2.75, 3.05) is 39.3 Å². The number of piperazine rings is 1. The van der Waals surface area contributed by atoms with Gasteiger partial charge in [0, 0.05) is 69.7 Å². The molecule has 0 N–H and O–H groups in total. The number of urea groups is 1. The van der Waals surface area contributed by atoms with Crippen molar-refractivity contribution in [3.63, 3.8) is 0 Å². The van der Waals surface area contributed by atoms with Crippen molar-refractivity contribution in [3.05, 3.63) is 60.3 Å². The van der Waals surface area contributed by atoms with Crippen LogP contribution in [0.2, 0.25) is 0 Å². The molecule has 0 spiro atoms. The van der Waals surface area contributed by atoms with Crippen LogP contribution in [0, 0.1) is 6.92 Å². The molecule has 5 rings (SSSR count). The highest BCUT2D eigenvalue weighted by molar-refractivity contribution is 5.88. The molecule has 2 fully saturated rings. The van der Waals surface area contributed by atoms with Gasteiger partial charge in [0.2, 0.25) is 0 Å². The van der Waals surface area contributed by atoms with Crippen molar-refractivity contribution in [2.45, 2.75) is 45.8 Å². The van der Waals surface area contributed by atoms with Crippen molar-refractivity contribution in [1.82, 2.24) is 19.7 Å². The van der Waals surface area contributed by atoms with Crippen LogP contribution in [0.15, 0.2) is 54.7 Å². The van der Waals surface area contributed by atoms with Gasteiger partial charge in [0.15, 0.2) is 0 Å². The van der Waals surface area contributed by atoms with Crippen LogP contribution in [-0.2, 0) is 0 Å². The molecule has 3 aromatic rings. The molecule has 3 heterocycles. The Balaban J connectivity index is 1.15. The first-order valence-electron chi connectivity index (χ1n) is 12.9. The molecule has 0 unspecified atom stereocenters. The Morgan fingerprint density at radius 1 is 0.914 bits per heavy atom. The summed E-state index contributed by atoms with van der Waals surface area (Å²) in [6.07, 6.45) is 3.74. The van der Waals surface area contributed by atoms with Crippen LogP contribution >= 0.6 is 0 Å². The van der Waals surface area contributed by atoms with E-state index in [0.717, 1.165) is 68.8 Å². The largest absolute Gasteiger partial charge is 0.490 e. The third kappa shape index (κ3) is 5.13. The number of rotatable bonds is 4. The molecule has 0 aliphatic carbocycles. The number of likely N-dealkylation sites (tertiary alicyclic amines) is 1. The van der Waals surface area contributed by atoms with Crippen LogP contribution in [0.25, 0.3) is 22.0 Å². The molecule has 0 saturated carbocycles. The maximum Gasteiger partial charge on any atom is 0.320 e. The van der Waals surface area contributed by atoms with E-state index in [1.165, 1.54) is 16.7 Å². The first kappa shape index (κ1) is 23.6. The molecule has 6 nitrogen and oxygen atoms in total. The Labute approximate surface area is 208 Å². The van der Waals surface area contributed by atoms with Gasteiger partial charge in [-0.25, -0.2) is 4.79 Å². The highest BCUT2D eigenvalue weighted by Crippen LogP contribution is 2.30. The summed E-state index contributed by atoms with van der Waals surface area (Å²) in [4.78, 5) is 24.0. The summed E-state index contributed by atoms with van der Waals surface area (Å²) in [6.45, 7) is 11.7. The van der Waals surface area contributed by atoms with E-state index in [1.54, 1.807) is 0 Å². The van der Waals surface area contributed by atoms with Gasteiger partial charge in [0.05, 0.1) is 5.52 Å². The SMILES string of the molecule is Cc1c(-c2ccc(OC3CCN(C(=O)N4CCN(C(C)C)CC4)CC3)cc2)ccc2cccnc12. The third-order valence-electron chi connectivity index (χ3n) is 7.52. The van der Waals surface area contributed by atoms with Crippen molar-refractivity contribution < 1.29 is 9.53 Å². The average molecular weight is 473 g/mol. The molecule has 1 aromatic heterocycles. The Hall–Kier alpha value is -3.12. The first-order valence-corrected chi connectivity index (χ1v) is 12.9. The van der Waals surface area contributed by atoms with Gasteiger partial charge in [-0.1, -0.05) is 30.3 Å². The van der Waals surface area contributed by atoms with E-state index in [-0.39, 0.29) is 12.1 Å². The smallest absolute Gasteiger partial charge is 0.320 e. The number of hydrogen-bond acceptors (Lipinski definition) is 4. The minimum absolute atomic E-state index is 0.147. The van der Waals surface area contributed by atoms with E-state index in [9.17, 15) is 4.79 Å². The van der Waals surface area contributed by atoms with Crippen LogP contribution < -0.4 is 4.74 Å². The summed E-state index contributed by atoms with van der Waals surface area (Å²) in [5.41, 5.74) is 4.61. The van der Waals surface area contributed by atoms with Gasteiger partial charge in [-0.2, -0.15) is 0 Å². The third-order valence-corrected chi connectivity index (χ3v) is 7.52. The lowest BCUT2D eigenvalue weighted by atomic mass is 9.98. The van der Waals surface area contributed by atoms with Crippen LogP contribution in [0.3, 0.4) is 0 Å². The monoisotopic (exact) mass is 472 g/mol. The number of fused-ring (bicyclic) bond motifs is 1. The lowest BCUT2D eigenvalue weighted by molar-refractivity contribution is 0.0745. The molecule has 2 aliphatic rings. The van der Waals surface area contributed by atoms with Gasteiger partial charge in [0.25, 0.3) is 0 Å². The molecule has 184 valence electrons. The number of benzene rings is 2. The summed E-state index contributed by atoms with van der Waals surface area (Å²) in [6, 6.07) is 17.5. The Morgan fingerprint density at radius 2 is 1.60 bits per heavy atom. The number of piperidine rings is 1. The second-order valence-corrected chi connectivity index (χ2v) is 10.0. The van der Waals surface area contributed by atoms with Gasteiger partial charge in [-0.15, -0.1) is 0 Å². The maximum absolute atomic E-state index is 13.0. The molecule has 0 radical (unpaired) electrons. The topological polar surface area (TPSA) is 48.9 Å². The van der Waals surface area contributed by atoms with Crippen LogP contribution in [0.1, 0.15) is 32.3 Å². The second kappa shape index (κ2) is 10.2. The summed E-state index contributed by atoms with van der Waals surface area (Å²) in [5.74, 6) is 0.889. The number of carbonyl (C=O) groups is 1. The predicted octanol–water partition coefficient (Wildman–Crippen LogP) is 5.20. The fraction of sp³-hybridized carbons (Fsp3) is 0.448. The standard InChI is InChI=1S/C29H36N4O2/c1-21(2)31-17-19-33(20-18-31)29(34)32-15-12-26(13-16-32)35-25-9-6-23(7-10-25)27-11-8-24-5-4-14-30-28(24)22(27)3/h4-11,14,21,26H,12-13,15-20H2,1-3H3. The van der Waals surface area contributed by atoms with Crippen molar-refractivity contribution in [2.24, 2.45) is 0 Å². The zero-order valence-corrected chi connectivity index (χ0v) is 21.1.